The highest BCUT2D eigenvalue weighted by Crippen LogP contribution is 2.25. The molecule has 5 nitrogen and oxygen atoms in total. The van der Waals surface area contributed by atoms with E-state index in [-0.39, 0.29) is 24.2 Å². The van der Waals surface area contributed by atoms with E-state index in [1.807, 2.05) is 50.2 Å². The first kappa shape index (κ1) is 20.5. The number of carbonyl (C=O) groups excluding carboxylic acids is 2. The van der Waals surface area contributed by atoms with Gasteiger partial charge in [0.05, 0.1) is 13.0 Å². The minimum absolute atomic E-state index is 0.169. The van der Waals surface area contributed by atoms with Crippen LogP contribution in [0.1, 0.15) is 43.4 Å². The van der Waals surface area contributed by atoms with E-state index in [4.69, 9.17) is 15.2 Å². The van der Waals surface area contributed by atoms with Gasteiger partial charge in [-0.15, -0.1) is 0 Å². The number of methoxy groups -OCH3 is 1. The van der Waals surface area contributed by atoms with Crippen molar-refractivity contribution < 1.29 is 19.1 Å². The second kappa shape index (κ2) is 9.76. The largest absolute Gasteiger partial charge is 0.496 e. The highest BCUT2D eigenvalue weighted by atomic mass is 16.5. The van der Waals surface area contributed by atoms with Gasteiger partial charge in [-0.2, -0.15) is 0 Å². The Hall–Kier alpha value is -2.82. The van der Waals surface area contributed by atoms with Gasteiger partial charge in [-0.1, -0.05) is 38.1 Å². The molecule has 0 aliphatic rings. The van der Waals surface area contributed by atoms with E-state index in [0.29, 0.717) is 25.0 Å². The molecule has 2 aromatic rings. The summed E-state index contributed by atoms with van der Waals surface area (Å²) in [6, 6.07) is 13.5. The number of primary amides is 1. The molecule has 0 fully saturated rings. The van der Waals surface area contributed by atoms with Crippen LogP contribution >= 0.6 is 0 Å². The van der Waals surface area contributed by atoms with Crippen molar-refractivity contribution in [3.05, 3.63) is 59.2 Å². The standard InChI is InChI=1S/C22H27NO4/c1-4-15(2)22(25)27-19-13-16(9-10-21(23)24)11-17(14-19)12-18-7-5-6-8-20(18)26-3/h5-8,11,13-15H,4,9-10,12H2,1-3H3,(H2,23,24). The lowest BCUT2D eigenvalue weighted by atomic mass is 9.99. The molecule has 0 spiro atoms. The van der Waals surface area contributed by atoms with Crippen molar-refractivity contribution in [2.45, 2.75) is 39.5 Å². The molecule has 0 aliphatic carbocycles. The summed E-state index contributed by atoms with van der Waals surface area (Å²) in [5.41, 5.74) is 8.20. The Morgan fingerprint density at radius 2 is 1.81 bits per heavy atom. The van der Waals surface area contributed by atoms with Gasteiger partial charge in [0.15, 0.2) is 0 Å². The Morgan fingerprint density at radius 1 is 1.11 bits per heavy atom. The second-order valence-corrected chi connectivity index (χ2v) is 6.67. The zero-order valence-electron chi connectivity index (χ0n) is 16.2. The summed E-state index contributed by atoms with van der Waals surface area (Å²) >= 11 is 0. The summed E-state index contributed by atoms with van der Waals surface area (Å²) < 4.78 is 11.0. The Morgan fingerprint density at radius 3 is 2.48 bits per heavy atom. The SMILES string of the molecule is CCC(C)C(=O)Oc1cc(CCC(N)=O)cc(Cc2ccccc2OC)c1. The van der Waals surface area contributed by atoms with E-state index < -0.39 is 0 Å². The van der Waals surface area contributed by atoms with Gasteiger partial charge in [-0.05, 0) is 47.7 Å². The number of ether oxygens (including phenoxy) is 2. The van der Waals surface area contributed by atoms with Gasteiger partial charge >= 0.3 is 5.97 Å². The summed E-state index contributed by atoms with van der Waals surface area (Å²) in [6.07, 6.45) is 2.09. The summed E-state index contributed by atoms with van der Waals surface area (Å²) in [5, 5.41) is 0. The van der Waals surface area contributed by atoms with Crippen molar-refractivity contribution in [2.24, 2.45) is 11.7 Å². The topological polar surface area (TPSA) is 78.6 Å². The maximum Gasteiger partial charge on any atom is 0.314 e. The zero-order valence-corrected chi connectivity index (χ0v) is 16.2. The van der Waals surface area contributed by atoms with Crippen molar-refractivity contribution in [1.29, 1.82) is 0 Å². The molecule has 27 heavy (non-hydrogen) atoms. The minimum Gasteiger partial charge on any atom is -0.496 e. The highest BCUT2D eigenvalue weighted by molar-refractivity contribution is 5.75. The van der Waals surface area contributed by atoms with Crippen LogP contribution in [-0.2, 0) is 22.4 Å². The van der Waals surface area contributed by atoms with Crippen LogP contribution in [0.4, 0.5) is 0 Å². The van der Waals surface area contributed by atoms with E-state index in [9.17, 15) is 9.59 Å². The number of amides is 1. The third-order valence-electron chi connectivity index (χ3n) is 4.51. The van der Waals surface area contributed by atoms with Crippen molar-refractivity contribution in [2.75, 3.05) is 7.11 Å². The molecule has 0 bridgehead atoms. The fourth-order valence-electron chi connectivity index (χ4n) is 2.75. The van der Waals surface area contributed by atoms with Crippen LogP contribution in [0, 0.1) is 5.92 Å². The number of hydrogen-bond acceptors (Lipinski definition) is 4. The summed E-state index contributed by atoms with van der Waals surface area (Å²) in [5.74, 6) is 0.512. The molecular weight excluding hydrogens is 342 g/mol. The van der Waals surface area contributed by atoms with Gasteiger partial charge in [0.25, 0.3) is 0 Å². The predicted octanol–water partition coefficient (Wildman–Crippen LogP) is 3.66. The number of benzene rings is 2. The second-order valence-electron chi connectivity index (χ2n) is 6.67. The zero-order chi connectivity index (χ0) is 19.8. The third kappa shape index (κ3) is 6.13. The van der Waals surface area contributed by atoms with Gasteiger partial charge in [-0.3, -0.25) is 9.59 Å². The van der Waals surface area contributed by atoms with Gasteiger partial charge in [0.1, 0.15) is 11.5 Å². The smallest absolute Gasteiger partial charge is 0.314 e. The van der Waals surface area contributed by atoms with Crippen LogP contribution < -0.4 is 15.2 Å². The molecule has 5 heteroatoms. The fraction of sp³-hybridized carbons (Fsp3) is 0.364. The quantitative estimate of drug-likeness (QED) is 0.540. The van der Waals surface area contributed by atoms with Crippen molar-refractivity contribution >= 4 is 11.9 Å². The Balaban J connectivity index is 2.31. The highest BCUT2D eigenvalue weighted by Gasteiger charge is 2.15. The number of para-hydroxylation sites is 1. The van der Waals surface area contributed by atoms with Crippen LogP contribution in [0.15, 0.2) is 42.5 Å². The van der Waals surface area contributed by atoms with Crippen molar-refractivity contribution in [3.63, 3.8) is 0 Å². The normalized spacial score (nSPS) is 11.7. The van der Waals surface area contributed by atoms with Crippen LogP contribution in [-0.4, -0.2) is 19.0 Å². The fourth-order valence-corrected chi connectivity index (χ4v) is 2.75. The van der Waals surface area contributed by atoms with Crippen molar-refractivity contribution in [3.8, 4) is 11.5 Å². The van der Waals surface area contributed by atoms with Crippen LogP contribution in [0.3, 0.4) is 0 Å². The molecule has 0 aromatic heterocycles. The molecule has 144 valence electrons. The average molecular weight is 369 g/mol. The average Bonchev–Trinajstić information content (AvgIpc) is 2.66. The molecule has 1 atom stereocenters. The first-order valence-corrected chi connectivity index (χ1v) is 9.17. The van der Waals surface area contributed by atoms with Gasteiger partial charge in [0, 0.05) is 12.8 Å². The van der Waals surface area contributed by atoms with E-state index in [2.05, 4.69) is 0 Å². The number of esters is 1. The number of carbonyl (C=O) groups is 2. The molecule has 1 unspecified atom stereocenters. The van der Waals surface area contributed by atoms with Crippen LogP contribution in [0.25, 0.3) is 0 Å². The lowest BCUT2D eigenvalue weighted by Gasteiger charge is -2.13. The molecule has 0 saturated carbocycles. The Labute approximate surface area is 160 Å². The van der Waals surface area contributed by atoms with Gasteiger partial charge < -0.3 is 15.2 Å². The molecule has 0 saturated heterocycles. The maximum absolute atomic E-state index is 12.2. The molecule has 0 radical (unpaired) electrons. The van der Waals surface area contributed by atoms with Crippen LogP contribution in [0.5, 0.6) is 11.5 Å². The van der Waals surface area contributed by atoms with E-state index in [1.165, 1.54) is 0 Å². The molecule has 2 N–H and O–H groups in total. The number of nitrogens with two attached hydrogens (primary N) is 1. The third-order valence-corrected chi connectivity index (χ3v) is 4.51. The number of aryl methyl sites for hydroxylation is 1. The molecule has 0 heterocycles. The van der Waals surface area contributed by atoms with Crippen LogP contribution in [0.2, 0.25) is 0 Å². The molecule has 2 aromatic carbocycles. The first-order chi connectivity index (χ1) is 12.9. The lowest BCUT2D eigenvalue weighted by molar-refractivity contribution is -0.138. The van der Waals surface area contributed by atoms with E-state index >= 15 is 0 Å². The number of rotatable bonds is 9. The molecule has 1 amide bonds. The monoisotopic (exact) mass is 369 g/mol. The predicted molar refractivity (Wildman–Crippen MR) is 105 cm³/mol. The molecule has 2 rings (SSSR count). The van der Waals surface area contributed by atoms with Gasteiger partial charge in [0.2, 0.25) is 5.91 Å². The summed E-state index contributed by atoms with van der Waals surface area (Å²) in [4.78, 5) is 23.3. The Bertz CT molecular complexity index is 801. The Kier molecular flexibility index (Phi) is 7.41. The van der Waals surface area contributed by atoms with Gasteiger partial charge in [-0.25, -0.2) is 0 Å². The maximum atomic E-state index is 12.2. The van der Waals surface area contributed by atoms with E-state index in [1.54, 1.807) is 13.2 Å². The minimum atomic E-state index is -0.358. The van der Waals surface area contributed by atoms with Crippen molar-refractivity contribution in [1.82, 2.24) is 0 Å². The molecular formula is C22H27NO4. The summed E-state index contributed by atoms with van der Waals surface area (Å²) in [7, 11) is 1.64. The summed E-state index contributed by atoms with van der Waals surface area (Å²) in [6.45, 7) is 3.79. The van der Waals surface area contributed by atoms with E-state index in [0.717, 1.165) is 22.4 Å². The number of hydrogen-bond donors (Lipinski definition) is 1. The first-order valence-electron chi connectivity index (χ1n) is 9.17. The molecule has 0 aliphatic heterocycles. The lowest BCUT2D eigenvalue weighted by Crippen LogP contribution is -2.17.